The van der Waals surface area contributed by atoms with E-state index in [9.17, 15) is 13.2 Å². The highest BCUT2D eigenvalue weighted by Crippen LogP contribution is 2.41. The maximum absolute atomic E-state index is 13.1. The van der Waals surface area contributed by atoms with Crippen molar-refractivity contribution in [2.75, 3.05) is 18.0 Å². The molecule has 0 spiro atoms. The van der Waals surface area contributed by atoms with E-state index in [0.717, 1.165) is 18.8 Å². The van der Waals surface area contributed by atoms with Gasteiger partial charge in [0.25, 0.3) is 0 Å². The van der Waals surface area contributed by atoms with E-state index in [4.69, 9.17) is 0 Å². The van der Waals surface area contributed by atoms with Crippen LogP contribution in [0.2, 0.25) is 0 Å². The molecular formula is C15H17BrF3N. The lowest BCUT2D eigenvalue weighted by Gasteiger charge is -2.22. The number of anilines is 1. The second-order valence-electron chi connectivity index (χ2n) is 5.83. The zero-order valence-corrected chi connectivity index (χ0v) is 12.7. The summed E-state index contributed by atoms with van der Waals surface area (Å²) in [6.07, 6.45) is -0.548. The second kappa shape index (κ2) is 5.24. The number of benzene rings is 1. The van der Waals surface area contributed by atoms with E-state index < -0.39 is 11.7 Å². The molecule has 2 unspecified atom stereocenters. The van der Waals surface area contributed by atoms with Crippen molar-refractivity contribution >= 4 is 21.6 Å². The monoisotopic (exact) mass is 347 g/mol. The third kappa shape index (κ3) is 2.57. The van der Waals surface area contributed by atoms with Crippen LogP contribution in [0.25, 0.3) is 0 Å². The minimum absolute atomic E-state index is 0.230. The molecule has 0 radical (unpaired) electrons. The van der Waals surface area contributed by atoms with Crippen molar-refractivity contribution in [2.24, 2.45) is 11.8 Å². The SMILES string of the molecule is FC(F)(F)c1cc(N2CC3CCCC3C2)ccc1CBr. The first-order chi connectivity index (χ1) is 9.49. The molecule has 5 heteroatoms. The molecule has 0 amide bonds. The van der Waals surface area contributed by atoms with Crippen molar-refractivity contribution in [3.63, 3.8) is 0 Å². The standard InChI is InChI=1S/C15H17BrF3N/c16-7-10-4-5-13(6-14(10)15(17,18)19)20-8-11-2-1-3-12(11)9-20/h4-6,11-12H,1-3,7-9H2. The third-order valence-corrected chi connectivity index (χ3v) is 5.24. The molecule has 2 aliphatic rings. The van der Waals surface area contributed by atoms with E-state index in [-0.39, 0.29) is 5.33 Å². The molecule has 1 aromatic carbocycles. The molecular weight excluding hydrogens is 331 g/mol. The summed E-state index contributed by atoms with van der Waals surface area (Å²) in [5.74, 6) is 1.36. The van der Waals surface area contributed by atoms with Crippen LogP contribution in [-0.2, 0) is 11.5 Å². The molecule has 1 heterocycles. The topological polar surface area (TPSA) is 3.24 Å². The quantitative estimate of drug-likeness (QED) is 0.692. The number of nitrogens with zero attached hydrogens (tertiary/aromatic N) is 1. The van der Waals surface area contributed by atoms with Gasteiger partial charge in [0.15, 0.2) is 0 Å². The number of halogens is 4. The van der Waals surface area contributed by atoms with Crippen LogP contribution >= 0.6 is 15.9 Å². The maximum Gasteiger partial charge on any atom is 0.416 e. The minimum atomic E-state index is -4.28. The number of rotatable bonds is 2. The first-order valence-electron chi connectivity index (χ1n) is 7.00. The van der Waals surface area contributed by atoms with Crippen LogP contribution in [0.15, 0.2) is 18.2 Å². The second-order valence-corrected chi connectivity index (χ2v) is 6.39. The van der Waals surface area contributed by atoms with Gasteiger partial charge in [0, 0.05) is 24.1 Å². The Bertz CT molecular complexity index is 488. The summed E-state index contributed by atoms with van der Waals surface area (Å²) in [7, 11) is 0. The molecule has 20 heavy (non-hydrogen) atoms. The fourth-order valence-electron chi connectivity index (χ4n) is 3.59. The van der Waals surface area contributed by atoms with Crippen LogP contribution in [-0.4, -0.2) is 13.1 Å². The highest BCUT2D eigenvalue weighted by Gasteiger charge is 2.38. The summed E-state index contributed by atoms with van der Waals surface area (Å²) in [6.45, 7) is 1.82. The molecule has 110 valence electrons. The molecule has 1 aliphatic carbocycles. The predicted molar refractivity (Wildman–Crippen MR) is 77.1 cm³/mol. The molecule has 0 N–H and O–H groups in total. The van der Waals surface area contributed by atoms with Gasteiger partial charge in [-0.05, 0) is 42.4 Å². The van der Waals surface area contributed by atoms with Crippen LogP contribution < -0.4 is 4.90 Å². The van der Waals surface area contributed by atoms with Crippen LogP contribution in [0, 0.1) is 11.8 Å². The van der Waals surface area contributed by atoms with Crippen molar-refractivity contribution < 1.29 is 13.2 Å². The number of hydrogen-bond acceptors (Lipinski definition) is 1. The smallest absolute Gasteiger partial charge is 0.371 e. The lowest BCUT2D eigenvalue weighted by Crippen LogP contribution is -2.21. The van der Waals surface area contributed by atoms with Crippen LogP contribution in [0.1, 0.15) is 30.4 Å². The van der Waals surface area contributed by atoms with Crippen molar-refractivity contribution in [3.05, 3.63) is 29.3 Å². The van der Waals surface area contributed by atoms with E-state index >= 15 is 0 Å². The number of hydrogen-bond donors (Lipinski definition) is 0. The average Bonchev–Trinajstić information content (AvgIpc) is 2.97. The molecule has 2 fully saturated rings. The third-order valence-electron chi connectivity index (χ3n) is 4.63. The van der Waals surface area contributed by atoms with Gasteiger partial charge in [-0.3, -0.25) is 0 Å². The Balaban J connectivity index is 1.88. The normalized spacial score (nSPS) is 26.1. The maximum atomic E-state index is 13.1. The summed E-state index contributed by atoms with van der Waals surface area (Å²) in [4.78, 5) is 2.13. The Labute approximate surface area is 125 Å². The van der Waals surface area contributed by atoms with Crippen LogP contribution in [0.3, 0.4) is 0 Å². The highest BCUT2D eigenvalue weighted by molar-refractivity contribution is 9.08. The van der Waals surface area contributed by atoms with Gasteiger partial charge in [0.2, 0.25) is 0 Å². The summed E-state index contributed by atoms with van der Waals surface area (Å²) in [5, 5.41) is 0.230. The Kier molecular flexibility index (Phi) is 3.73. The molecule has 0 aromatic heterocycles. The van der Waals surface area contributed by atoms with Crippen molar-refractivity contribution in [1.29, 1.82) is 0 Å². The molecule has 1 nitrogen and oxygen atoms in total. The van der Waals surface area contributed by atoms with Gasteiger partial charge in [0.1, 0.15) is 0 Å². The largest absolute Gasteiger partial charge is 0.416 e. The van der Waals surface area contributed by atoms with Gasteiger partial charge in [-0.2, -0.15) is 13.2 Å². The van der Waals surface area contributed by atoms with Crippen LogP contribution in [0.5, 0.6) is 0 Å². The zero-order valence-electron chi connectivity index (χ0n) is 11.1. The highest BCUT2D eigenvalue weighted by atomic mass is 79.9. The fraction of sp³-hybridized carbons (Fsp3) is 0.600. The van der Waals surface area contributed by atoms with Crippen molar-refractivity contribution in [3.8, 4) is 0 Å². The number of fused-ring (bicyclic) bond motifs is 1. The van der Waals surface area contributed by atoms with E-state index in [1.165, 1.54) is 25.3 Å². The van der Waals surface area contributed by atoms with Gasteiger partial charge in [0.05, 0.1) is 5.56 Å². The Morgan fingerprint density at radius 3 is 2.35 bits per heavy atom. The van der Waals surface area contributed by atoms with Gasteiger partial charge in [-0.1, -0.05) is 28.4 Å². The Morgan fingerprint density at radius 1 is 1.15 bits per heavy atom. The van der Waals surface area contributed by atoms with E-state index in [2.05, 4.69) is 20.8 Å². The Morgan fingerprint density at radius 2 is 1.80 bits per heavy atom. The van der Waals surface area contributed by atoms with Crippen molar-refractivity contribution in [1.82, 2.24) is 0 Å². The molecule has 1 aliphatic heterocycles. The predicted octanol–water partition coefficient (Wildman–Crippen LogP) is 4.84. The number of alkyl halides is 4. The van der Waals surface area contributed by atoms with Crippen LogP contribution in [0.4, 0.5) is 18.9 Å². The fourth-order valence-corrected chi connectivity index (χ4v) is 4.08. The first-order valence-corrected chi connectivity index (χ1v) is 8.12. The molecule has 2 atom stereocenters. The van der Waals surface area contributed by atoms with Gasteiger partial charge in [-0.25, -0.2) is 0 Å². The van der Waals surface area contributed by atoms with Gasteiger partial charge in [-0.15, -0.1) is 0 Å². The molecule has 1 aromatic rings. The average molecular weight is 348 g/mol. The van der Waals surface area contributed by atoms with Gasteiger partial charge < -0.3 is 4.90 Å². The van der Waals surface area contributed by atoms with Gasteiger partial charge >= 0.3 is 6.18 Å². The van der Waals surface area contributed by atoms with E-state index in [1.54, 1.807) is 6.07 Å². The van der Waals surface area contributed by atoms with E-state index in [1.807, 2.05) is 6.07 Å². The molecule has 1 saturated carbocycles. The summed E-state index contributed by atoms with van der Waals surface area (Å²) in [6, 6.07) is 4.74. The lowest BCUT2D eigenvalue weighted by atomic mass is 10.0. The zero-order chi connectivity index (χ0) is 14.3. The Hall–Kier alpha value is -0.710. The summed E-state index contributed by atoms with van der Waals surface area (Å²) >= 11 is 3.13. The summed E-state index contributed by atoms with van der Waals surface area (Å²) < 4.78 is 39.3. The molecule has 1 saturated heterocycles. The summed E-state index contributed by atoms with van der Waals surface area (Å²) in [5.41, 5.74) is 0.515. The molecule has 3 rings (SSSR count). The minimum Gasteiger partial charge on any atom is -0.371 e. The first kappa shape index (κ1) is 14.2. The van der Waals surface area contributed by atoms with Crippen molar-refractivity contribution in [2.45, 2.75) is 30.8 Å². The molecule has 0 bridgehead atoms. The van der Waals surface area contributed by atoms with E-state index in [0.29, 0.717) is 17.4 Å². The lowest BCUT2D eigenvalue weighted by molar-refractivity contribution is -0.138.